The van der Waals surface area contributed by atoms with Gasteiger partial charge >= 0.3 is 18.2 Å². The molecular weight excluding hydrogens is 630 g/mol. The molecule has 2 saturated heterocycles. The van der Waals surface area contributed by atoms with Gasteiger partial charge in [0.15, 0.2) is 6.10 Å². The SMILES string of the molecule is CCCCS(=O)(=O)NC(Cc1ccc(OCC2CN(C(CCC3CCNCC3)C(=N)NC(=O)OC(C)(C)C)C(=O)O2)cc1)C(=O)OC. The first-order valence-corrected chi connectivity index (χ1v) is 17.9. The fourth-order valence-corrected chi connectivity index (χ4v) is 6.87. The van der Waals surface area contributed by atoms with Gasteiger partial charge in [-0.15, -0.1) is 0 Å². The number of benzene rings is 1. The Bertz CT molecular complexity index is 1310. The first-order chi connectivity index (χ1) is 22.2. The number of amides is 2. The third-order valence-corrected chi connectivity index (χ3v) is 9.40. The number of hydrogen-bond acceptors (Lipinski definition) is 11. The van der Waals surface area contributed by atoms with Gasteiger partial charge in [0.25, 0.3) is 0 Å². The van der Waals surface area contributed by atoms with Crippen LogP contribution in [0.3, 0.4) is 0 Å². The molecule has 1 aromatic carbocycles. The quantitative estimate of drug-likeness (QED) is 0.0873. The minimum absolute atomic E-state index is 0.0530. The van der Waals surface area contributed by atoms with E-state index in [4.69, 9.17) is 24.4 Å². The lowest BCUT2D eigenvalue weighted by Crippen LogP contribution is -2.50. The third kappa shape index (κ3) is 12.9. The maximum absolute atomic E-state index is 13.0. The van der Waals surface area contributed by atoms with Crippen LogP contribution in [0, 0.1) is 11.3 Å². The van der Waals surface area contributed by atoms with Crippen LogP contribution >= 0.6 is 0 Å². The molecule has 2 heterocycles. The van der Waals surface area contributed by atoms with Crippen molar-refractivity contribution in [2.45, 2.75) is 96.4 Å². The van der Waals surface area contributed by atoms with Gasteiger partial charge < -0.3 is 24.3 Å². The van der Waals surface area contributed by atoms with Gasteiger partial charge in [-0.1, -0.05) is 25.5 Å². The maximum atomic E-state index is 13.0. The van der Waals surface area contributed by atoms with Crippen molar-refractivity contribution in [2.24, 2.45) is 5.92 Å². The van der Waals surface area contributed by atoms with E-state index in [1.54, 1.807) is 45.0 Å². The number of nitrogens with one attached hydrogen (secondary N) is 4. The summed E-state index contributed by atoms with van der Waals surface area (Å²) in [5.74, 6) is 0.0654. The minimum Gasteiger partial charge on any atom is -0.490 e. The van der Waals surface area contributed by atoms with Gasteiger partial charge in [-0.3, -0.25) is 20.4 Å². The molecule has 2 amide bonds. The molecule has 3 atom stereocenters. The number of cyclic esters (lactones) is 1. The summed E-state index contributed by atoms with van der Waals surface area (Å²) < 4.78 is 48.8. The van der Waals surface area contributed by atoms with Gasteiger partial charge in [-0.2, -0.15) is 0 Å². The highest BCUT2D eigenvalue weighted by molar-refractivity contribution is 7.89. The van der Waals surface area contributed by atoms with E-state index in [0.717, 1.165) is 32.4 Å². The van der Waals surface area contributed by atoms with Gasteiger partial charge in [0, 0.05) is 0 Å². The number of hydrogen-bond donors (Lipinski definition) is 4. The highest BCUT2D eigenvalue weighted by atomic mass is 32.2. The monoisotopic (exact) mass is 681 g/mol. The summed E-state index contributed by atoms with van der Waals surface area (Å²) in [4.78, 5) is 39.2. The van der Waals surface area contributed by atoms with Crippen molar-refractivity contribution in [3.8, 4) is 5.75 Å². The van der Waals surface area contributed by atoms with Crippen LogP contribution in [0.4, 0.5) is 9.59 Å². The molecule has 2 aliphatic heterocycles. The van der Waals surface area contributed by atoms with Crippen molar-refractivity contribution in [3.63, 3.8) is 0 Å². The van der Waals surface area contributed by atoms with Crippen LogP contribution in [0.15, 0.2) is 24.3 Å². The zero-order valence-electron chi connectivity index (χ0n) is 28.1. The van der Waals surface area contributed by atoms with Crippen LogP contribution < -0.4 is 20.1 Å². The molecule has 3 rings (SSSR count). The molecule has 2 fully saturated rings. The molecular formula is C32H51N5O9S. The second kappa shape index (κ2) is 17.6. The Morgan fingerprint density at radius 2 is 1.85 bits per heavy atom. The predicted molar refractivity (Wildman–Crippen MR) is 176 cm³/mol. The number of methoxy groups -OCH3 is 1. The third-order valence-electron chi connectivity index (χ3n) is 7.93. The Labute approximate surface area is 278 Å². The summed E-state index contributed by atoms with van der Waals surface area (Å²) in [6.45, 7) is 9.17. The van der Waals surface area contributed by atoms with Crippen LogP contribution in [0.25, 0.3) is 0 Å². The van der Waals surface area contributed by atoms with Crippen molar-refractivity contribution in [1.82, 2.24) is 20.3 Å². The van der Waals surface area contributed by atoms with E-state index in [1.807, 2.05) is 6.92 Å². The number of piperidine rings is 1. The van der Waals surface area contributed by atoms with Crippen LogP contribution in [0.1, 0.15) is 71.8 Å². The van der Waals surface area contributed by atoms with E-state index in [2.05, 4.69) is 15.4 Å². The number of nitrogens with zero attached hydrogens (tertiary/aromatic N) is 1. The second-order valence-corrected chi connectivity index (χ2v) is 14.9. The number of amidine groups is 1. The average Bonchev–Trinajstić information content (AvgIpc) is 3.38. The lowest BCUT2D eigenvalue weighted by atomic mass is 9.91. The summed E-state index contributed by atoms with van der Waals surface area (Å²) >= 11 is 0. The summed E-state index contributed by atoms with van der Waals surface area (Å²) in [7, 11) is -2.44. The van der Waals surface area contributed by atoms with Crippen LogP contribution in [-0.4, -0.2) is 100 Å². The fraction of sp³-hybridized carbons (Fsp3) is 0.688. The van der Waals surface area contributed by atoms with Crippen LogP contribution in [0.2, 0.25) is 0 Å². The smallest absolute Gasteiger partial charge is 0.413 e. The highest BCUT2D eigenvalue weighted by Gasteiger charge is 2.39. The van der Waals surface area contributed by atoms with E-state index < -0.39 is 52.0 Å². The van der Waals surface area contributed by atoms with Crippen LogP contribution in [0.5, 0.6) is 5.75 Å². The van der Waals surface area contributed by atoms with Crippen molar-refractivity contribution in [2.75, 3.05) is 39.1 Å². The maximum Gasteiger partial charge on any atom is 0.413 e. The first-order valence-electron chi connectivity index (χ1n) is 16.3. The Kier molecular flexibility index (Phi) is 14.3. The molecule has 0 bridgehead atoms. The molecule has 0 radical (unpaired) electrons. The Balaban J connectivity index is 1.60. The van der Waals surface area contributed by atoms with Crippen molar-refractivity contribution in [3.05, 3.63) is 29.8 Å². The zero-order valence-corrected chi connectivity index (χ0v) is 29.0. The molecule has 14 nitrogen and oxygen atoms in total. The molecule has 2 aliphatic rings. The fourth-order valence-electron chi connectivity index (χ4n) is 5.47. The van der Waals surface area contributed by atoms with Crippen molar-refractivity contribution >= 4 is 34.0 Å². The molecule has 3 unspecified atom stereocenters. The Hall–Kier alpha value is -3.43. The lowest BCUT2D eigenvalue weighted by molar-refractivity contribution is -0.142. The minimum atomic E-state index is -3.65. The summed E-state index contributed by atoms with van der Waals surface area (Å²) in [6, 6.07) is 5.05. The second-order valence-electron chi connectivity index (χ2n) is 13.0. The molecule has 0 spiro atoms. The Morgan fingerprint density at radius 3 is 2.47 bits per heavy atom. The number of sulfonamides is 1. The number of unbranched alkanes of at least 4 members (excludes halogenated alkanes) is 1. The van der Waals surface area contributed by atoms with Crippen LogP contribution in [-0.2, 0) is 35.4 Å². The lowest BCUT2D eigenvalue weighted by Gasteiger charge is -2.30. The van der Waals surface area contributed by atoms with E-state index in [9.17, 15) is 22.8 Å². The number of carbonyl (C=O) groups is 3. The van der Waals surface area contributed by atoms with Gasteiger partial charge in [-0.25, -0.2) is 22.7 Å². The number of carbonyl (C=O) groups excluding carboxylic acids is 3. The predicted octanol–water partition coefficient (Wildman–Crippen LogP) is 3.34. The largest absolute Gasteiger partial charge is 0.490 e. The first kappa shape index (κ1) is 38.0. The molecule has 264 valence electrons. The summed E-state index contributed by atoms with van der Waals surface area (Å²) in [5.41, 5.74) is -0.0474. The number of rotatable bonds is 16. The molecule has 47 heavy (non-hydrogen) atoms. The van der Waals surface area contributed by atoms with Gasteiger partial charge in [-0.05, 0) is 96.0 Å². The molecule has 1 aromatic rings. The molecule has 0 aromatic heterocycles. The average molecular weight is 682 g/mol. The van der Waals surface area contributed by atoms with Gasteiger partial charge in [0.2, 0.25) is 10.0 Å². The standard InChI is InChI=1S/C32H51N5O9S/c1-6-7-18-47(41,42)36-26(29(38)43-5)19-23-8-11-24(12-9-23)44-21-25-20-37(31(40)45-25)27(13-10-22-14-16-34-17-15-22)28(33)35-30(39)46-32(2,3)4/h8-9,11-12,22,25-27,34,36H,6-7,10,13-21H2,1-5H3,(H2,33,35,39). The van der Waals surface area contributed by atoms with E-state index in [0.29, 0.717) is 36.5 Å². The summed E-state index contributed by atoms with van der Waals surface area (Å²) in [6.07, 6.45) is 2.63. The topological polar surface area (TPSA) is 185 Å². The summed E-state index contributed by atoms with van der Waals surface area (Å²) in [5, 5.41) is 14.5. The molecule has 4 N–H and O–H groups in total. The molecule has 0 saturated carbocycles. The number of ether oxygens (including phenoxy) is 4. The van der Waals surface area contributed by atoms with E-state index in [-0.39, 0.29) is 31.2 Å². The normalized spacial score (nSPS) is 18.6. The van der Waals surface area contributed by atoms with E-state index in [1.165, 1.54) is 12.0 Å². The van der Waals surface area contributed by atoms with E-state index >= 15 is 0 Å². The van der Waals surface area contributed by atoms with Crippen molar-refractivity contribution < 1.29 is 41.7 Å². The molecule has 0 aliphatic carbocycles. The van der Waals surface area contributed by atoms with Gasteiger partial charge in [0.1, 0.15) is 29.8 Å². The van der Waals surface area contributed by atoms with Gasteiger partial charge in [0.05, 0.1) is 25.4 Å². The molecule has 15 heteroatoms. The number of esters is 1. The Morgan fingerprint density at radius 1 is 1.17 bits per heavy atom. The number of alkyl carbamates (subject to hydrolysis) is 1. The van der Waals surface area contributed by atoms with Crippen molar-refractivity contribution in [1.29, 1.82) is 5.41 Å². The zero-order chi connectivity index (χ0) is 34.6. The highest BCUT2D eigenvalue weighted by Crippen LogP contribution is 2.25.